The molecule has 0 fully saturated rings. The fourth-order valence-corrected chi connectivity index (χ4v) is 3.92. The summed E-state index contributed by atoms with van der Waals surface area (Å²) in [5.41, 5.74) is 2.79. The molecule has 0 atom stereocenters. The van der Waals surface area contributed by atoms with Crippen LogP contribution in [0.5, 0.6) is 5.75 Å². The molecule has 4 nitrogen and oxygen atoms in total. The van der Waals surface area contributed by atoms with Gasteiger partial charge in [0.25, 0.3) is 5.56 Å². The molecule has 0 bridgehead atoms. The average molecular weight is 433 g/mol. The summed E-state index contributed by atoms with van der Waals surface area (Å²) in [4.78, 5) is 15.5. The van der Waals surface area contributed by atoms with E-state index in [1.807, 2.05) is 79.8 Å². The molecular weight excluding hydrogens is 408 g/mol. The Morgan fingerprint density at radius 3 is 2.35 bits per heavy atom. The van der Waals surface area contributed by atoms with E-state index in [9.17, 15) is 4.79 Å². The fourth-order valence-electron chi connectivity index (χ4n) is 3.75. The number of hydrogen-bond acceptors (Lipinski definition) is 3. The van der Waals surface area contributed by atoms with E-state index in [2.05, 4.69) is 17.0 Å². The van der Waals surface area contributed by atoms with Crippen LogP contribution in [0.4, 0.5) is 0 Å². The van der Waals surface area contributed by atoms with Crippen molar-refractivity contribution in [1.82, 2.24) is 9.47 Å². The van der Waals surface area contributed by atoms with Gasteiger partial charge in [0.05, 0.1) is 12.1 Å². The van der Waals surface area contributed by atoms with Crippen molar-refractivity contribution in [3.63, 3.8) is 0 Å². The van der Waals surface area contributed by atoms with E-state index in [-0.39, 0.29) is 5.56 Å². The standard InChI is InChI=1S/C26H25ClN2O2/c1-28(18-20-8-4-2-5-9-20)19-22-16-21-12-13-23(27)17-25(21)29(26(22)30)14-15-31-24-10-6-3-7-11-24/h2-13,16-17H,14-15,18-19H2,1H3. The number of nitrogens with zero attached hydrogens (tertiary/aromatic N) is 2. The van der Waals surface area contributed by atoms with Crippen LogP contribution < -0.4 is 10.3 Å². The van der Waals surface area contributed by atoms with Gasteiger partial charge in [0.2, 0.25) is 0 Å². The second-order valence-electron chi connectivity index (χ2n) is 7.65. The predicted octanol–water partition coefficient (Wildman–Crippen LogP) is 5.37. The van der Waals surface area contributed by atoms with E-state index in [1.54, 1.807) is 4.57 Å². The van der Waals surface area contributed by atoms with Gasteiger partial charge in [-0.1, -0.05) is 66.2 Å². The number of rotatable bonds is 8. The molecule has 0 aliphatic carbocycles. The number of fused-ring (bicyclic) bond motifs is 1. The minimum Gasteiger partial charge on any atom is -0.492 e. The summed E-state index contributed by atoms with van der Waals surface area (Å²) in [7, 11) is 2.03. The van der Waals surface area contributed by atoms with E-state index in [1.165, 1.54) is 5.56 Å². The Kier molecular flexibility index (Phi) is 6.70. The van der Waals surface area contributed by atoms with Gasteiger partial charge in [-0.05, 0) is 48.3 Å². The van der Waals surface area contributed by atoms with Crippen LogP contribution in [0.1, 0.15) is 11.1 Å². The maximum Gasteiger partial charge on any atom is 0.255 e. The average Bonchev–Trinajstić information content (AvgIpc) is 2.78. The topological polar surface area (TPSA) is 34.5 Å². The molecule has 0 N–H and O–H groups in total. The molecule has 0 saturated carbocycles. The molecule has 0 spiro atoms. The number of para-hydroxylation sites is 1. The van der Waals surface area contributed by atoms with Gasteiger partial charge < -0.3 is 9.30 Å². The molecule has 158 valence electrons. The van der Waals surface area contributed by atoms with Gasteiger partial charge in [0.15, 0.2) is 0 Å². The molecule has 5 heteroatoms. The first-order chi connectivity index (χ1) is 15.1. The van der Waals surface area contributed by atoms with Gasteiger partial charge in [-0.25, -0.2) is 0 Å². The summed E-state index contributed by atoms with van der Waals surface area (Å²) in [6.45, 7) is 2.18. The van der Waals surface area contributed by atoms with Crippen molar-refractivity contribution in [3.8, 4) is 5.75 Å². The quantitative estimate of drug-likeness (QED) is 0.375. The third-order valence-corrected chi connectivity index (χ3v) is 5.43. The van der Waals surface area contributed by atoms with Crippen molar-refractivity contribution in [2.24, 2.45) is 0 Å². The molecule has 0 saturated heterocycles. The molecule has 0 aliphatic heterocycles. The number of benzene rings is 3. The van der Waals surface area contributed by atoms with Gasteiger partial charge in [-0.2, -0.15) is 0 Å². The summed E-state index contributed by atoms with van der Waals surface area (Å²) in [6.07, 6.45) is 0. The summed E-state index contributed by atoms with van der Waals surface area (Å²) < 4.78 is 7.61. The highest BCUT2D eigenvalue weighted by Gasteiger charge is 2.12. The normalized spacial score (nSPS) is 11.2. The van der Waals surface area contributed by atoms with Crippen molar-refractivity contribution in [2.45, 2.75) is 19.6 Å². The molecule has 0 aliphatic rings. The highest BCUT2D eigenvalue weighted by molar-refractivity contribution is 6.31. The van der Waals surface area contributed by atoms with Crippen LogP contribution in [0.15, 0.2) is 89.7 Å². The SMILES string of the molecule is CN(Cc1ccccc1)Cc1cc2ccc(Cl)cc2n(CCOc2ccccc2)c1=O. The molecular formula is C26H25ClN2O2. The minimum absolute atomic E-state index is 0.00802. The lowest BCUT2D eigenvalue weighted by Crippen LogP contribution is -2.30. The van der Waals surface area contributed by atoms with Crippen molar-refractivity contribution < 1.29 is 4.74 Å². The number of hydrogen-bond donors (Lipinski definition) is 0. The first-order valence-corrected chi connectivity index (χ1v) is 10.7. The summed E-state index contributed by atoms with van der Waals surface area (Å²) in [5.74, 6) is 0.789. The van der Waals surface area contributed by atoms with E-state index >= 15 is 0 Å². The first-order valence-electron chi connectivity index (χ1n) is 10.3. The third kappa shape index (κ3) is 5.35. The first kappa shape index (κ1) is 21.2. The Bertz CT molecular complexity index is 1210. The lowest BCUT2D eigenvalue weighted by Gasteiger charge is -2.19. The summed E-state index contributed by atoms with van der Waals surface area (Å²) >= 11 is 6.23. The molecule has 0 radical (unpaired) electrons. The number of pyridine rings is 1. The van der Waals surface area contributed by atoms with E-state index in [0.717, 1.165) is 28.8 Å². The van der Waals surface area contributed by atoms with Crippen molar-refractivity contribution in [3.05, 3.63) is 111 Å². The zero-order valence-corrected chi connectivity index (χ0v) is 18.3. The highest BCUT2D eigenvalue weighted by Crippen LogP contribution is 2.20. The molecule has 0 amide bonds. The lowest BCUT2D eigenvalue weighted by molar-refractivity contribution is 0.296. The molecule has 3 aromatic carbocycles. The maximum absolute atomic E-state index is 13.4. The van der Waals surface area contributed by atoms with Crippen molar-refractivity contribution in [2.75, 3.05) is 13.7 Å². The number of ether oxygens (including phenoxy) is 1. The molecule has 31 heavy (non-hydrogen) atoms. The van der Waals surface area contributed by atoms with Crippen molar-refractivity contribution in [1.29, 1.82) is 0 Å². The van der Waals surface area contributed by atoms with E-state index in [0.29, 0.717) is 24.7 Å². The van der Waals surface area contributed by atoms with Gasteiger partial charge in [0.1, 0.15) is 12.4 Å². The van der Waals surface area contributed by atoms with Crippen LogP contribution in [-0.4, -0.2) is 23.1 Å². The Labute approximate surface area is 187 Å². The Balaban J connectivity index is 1.59. The van der Waals surface area contributed by atoms with Crippen LogP contribution in [0, 0.1) is 0 Å². The Morgan fingerprint density at radius 2 is 1.61 bits per heavy atom. The summed E-state index contributed by atoms with van der Waals surface area (Å²) in [6, 6.07) is 27.5. The zero-order chi connectivity index (χ0) is 21.6. The predicted molar refractivity (Wildman–Crippen MR) is 127 cm³/mol. The monoisotopic (exact) mass is 432 g/mol. The largest absolute Gasteiger partial charge is 0.492 e. The van der Waals surface area contributed by atoms with Gasteiger partial charge in [0, 0.05) is 23.7 Å². The van der Waals surface area contributed by atoms with E-state index in [4.69, 9.17) is 16.3 Å². The molecule has 4 rings (SSSR count). The number of aromatic nitrogens is 1. The number of halogens is 1. The van der Waals surface area contributed by atoms with Crippen LogP contribution in [0.25, 0.3) is 10.9 Å². The summed E-state index contributed by atoms with van der Waals surface area (Å²) in [5, 5.41) is 1.60. The molecule has 1 aromatic heterocycles. The maximum atomic E-state index is 13.4. The smallest absolute Gasteiger partial charge is 0.255 e. The Hall–Kier alpha value is -3.08. The van der Waals surface area contributed by atoms with Crippen LogP contribution in [0.3, 0.4) is 0 Å². The minimum atomic E-state index is -0.00802. The van der Waals surface area contributed by atoms with Crippen molar-refractivity contribution >= 4 is 22.5 Å². The van der Waals surface area contributed by atoms with Crippen LogP contribution in [0.2, 0.25) is 5.02 Å². The second-order valence-corrected chi connectivity index (χ2v) is 8.09. The third-order valence-electron chi connectivity index (χ3n) is 5.20. The molecule has 1 heterocycles. The Morgan fingerprint density at radius 1 is 0.903 bits per heavy atom. The van der Waals surface area contributed by atoms with Gasteiger partial charge in [-0.15, -0.1) is 0 Å². The molecule has 0 unspecified atom stereocenters. The fraction of sp³-hybridized carbons (Fsp3) is 0.192. The van der Waals surface area contributed by atoms with Gasteiger partial charge >= 0.3 is 0 Å². The van der Waals surface area contributed by atoms with E-state index < -0.39 is 0 Å². The highest BCUT2D eigenvalue weighted by atomic mass is 35.5. The van der Waals surface area contributed by atoms with Gasteiger partial charge in [-0.3, -0.25) is 9.69 Å². The second kappa shape index (κ2) is 9.82. The lowest BCUT2D eigenvalue weighted by atomic mass is 10.1. The van der Waals surface area contributed by atoms with Crippen LogP contribution in [-0.2, 0) is 19.6 Å². The van der Waals surface area contributed by atoms with Crippen LogP contribution >= 0.6 is 11.6 Å². The molecule has 4 aromatic rings. The zero-order valence-electron chi connectivity index (χ0n) is 17.5.